The molecule has 4 nitrogen and oxygen atoms in total. The second-order valence-electron chi connectivity index (χ2n) is 4.10. The number of halogens is 3. The van der Waals surface area contributed by atoms with Gasteiger partial charge in [-0.3, -0.25) is 4.79 Å². The number of hydrogen-bond acceptors (Lipinski definition) is 2. The molecule has 1 heterocycles. The summed E-state index contributed by atoms with van der Waals surface area (Å²) in [5.74, 6) is 0.475. The van der Waals surface area contributed by atoms with Crippen molar-refractivity contribution < 1.29 is 4.79 Å². The van der Waals surface area contributed by atoms with E-state index in [0.29, 0.717) is 21.4 Å². The number of imidazole rings is 1. The van der Waals surface area contributed by atoms with Crippen molar-refractivity contribution in [2.45, 2.75) is 18.8 Å². The minimum absolute atomic E-state index is 0.135. The quantitative estimate of drug-likeness (QED) is 0.881. The second-order valence-corrected chi connectivity index (χ2v) is 5.57. The highest BCUT2D eigenvalue weighted by molar-refractivity contribution is 6.42. The van der Waals surface area contributed by atoms with Crippen molar-refractivity contribution in [1.29, 1.82) is 0 Å². The van der Waals surface area contributed by atoms with Crippen molar-refractivity contribution in [1.82, 2.24) is 14.9 Å². The van der Waals surface area contributed by atoms with Crippen LogP contribution in [0.5, 0.6) is 0 Å². The van der Waals surface area contributed by atoms with Crippen molar-refractivity contribution in [3.8, 4) is 0 Å². The topological polar surface area (TPSA) is 46.9 Å². The Morgan fingerprint density at radius 1 is 1.42 bits per heavy atom. The van der Waals surface area contributed by atoms with Gasteiger partial charge < -0.3 is 9.88 Å². The Kier molecular flexibility index (Phi) is 4.23. The maximum atomic E-state index is 11.6. The van der Waals surface area contributed by atoms with E-state index < -0.39 is 0 Å². The largest absolute Gasteiger partial charge is 0.358 e. The number of hydrogen-bond donors (Lipinski definition) is 1. The van der Waals surface area contributed by atoms with E-state index in [4.69, 9.17) is 34.8 Å². The molecule has 1 aromatic carbocycles. The fourth-order valence-corrected chi connectivity index (χ4v) is 2.31. The zero-order chi connectivity index (χ0) is 14.2. The third kappa shape index (κ3) is 2.81. The third-order valence-electron chi connectivity index (χ3n) is 2.76. The number of carbonyl (C=O) groups excluding carboxylic acids is 1. The van der Waals surface area contributed by atoms with Crippen LogP contribution in [0.2, 0.25) is 10.0 Å². The molecular weight excluding hydrogens is 309 g/mol. The lowest BCUT2D eigenvalue weighted by atomic mass is 10.3. The highest BCUT2D eigenvalue weighted by atomic mass is 35.5. The molecule has 7 heteroatoms. The average Bonchev–Trinajstić information content (AvgIpc) is 2.68. The summed E-state index contributed by atoms with van der Waals surface area (Å²) in [5, 5.41) is 3.09. The summed E-state index contributed by atoms with van der Waals surface area (Å²) >= 11 is 18.1. The molecule has 0 aliphatic rings. The van der Waals surface area contributed by atoms with E-state index in [0.717, 1.165) is 5.52 Å². The fraction of sp³-hybridized carbons (Fsp3) is 0.333. The van der Waals surface area contributed by atoms with Crippen LogP contribution in [0.25, 0.3) is 11.0 Å². The molecule has 102 valence electrons. The van der Waals surface area contributed by atoms with Gasteiger partial charge in [0.1, 0.15) is 12.4 Å². The van der Waals surface area contributed by atoms with Gasteiger partial charge in [0.2, 0.25) is 5.91 Å². The zero-order valence-electron chi connectivity index (χ0n) is 10.4. The molecule has 0 saturated carbocycles. The van der Waals surface area contributed by atoms with Gasteiger partial charge in [-0.15, -0.1) is 11.6 Å². The Morgan fingerprint density at radius 3 is 2.63 bits per heavy atom. The van der Waals surface area contributed by atoms with Crippen molar-refractivity contribution in [2.75, 3.05) is 7.05 Å². The van der Waals surface area contributed by atoms with Gasteiger partial charge >= 0.3 is 0 Å². The van der Waals surface area contributed by atoms with E-state index in [1.165, 1.54) is 0 Å². The predicted octanol–water partition coefficient (Wildman–Crippen LogP) is 3.39. The average molecular weight is 321 g/mol. The summed E-state index contributed by atoms with van der Waals surface area (Å²) < 4.78 is 1.74. The molecule has 0 bridgehead atoms. The summed E-state index contributed by atoms with van der Waals surface area (Å²) in [4.78, 5) is 16.0. The first-order valence-corrected chi connectivity index (χ1v) is 6.83. The van der Waals surface area contributed by atoms with Gasteiger partial charge in [-0.05, 0) is 19.1 Å². The number of carbonyl (C=O) groups is 1. The minimum Gasteiger partial charge on any atom is -0.358 e. The van der Waals surface area contributed by atoms with Crippen LogP contribution in [0, 0.1) is 0 Å². The Hall–Kier alpha value is -0.970. The fourth-order valence-electron chi connectivity index (χ4n) is 1.83. The van der Waals surface area contributed by atoms with E-state index in [1.807, 2.05) is 0 Å². The first-order chi connectivity index (χ1) is 8.93. The van der Waals surface area contributed by atoms with Crippen LogP contribution in [0.3, 0.4) is 0 Å². The van der Waals surface area contributed by atoms with Crippen LogP contribution < -0.4 is 5.32 Å². The van der Waals surface area contributed by atoms with Crippen LogP contribution in [-0.2, 0) is 11.3 Å². The molecule has 0 fully saturated rings. The minimum atomic E-state index is -0.324. The number of amides is 1. The smallest absolute Gasteiger partial charge is 0.239 e. The SMILES string of the molecule is CNC(=O)Cn1c(C(C)Cl)nc2cc(Cl)c(Cl)cc21. The number of benzene rings is 1. The number of fused-ring (bicyclic) bond motifs is 1. The van der Waals surface area contributed by atoms with Crippen LogP contribution in [-0.4, -0.2) is 22.5 Å². The van der Waals surface area contributed by atoms with Crippen LogP contribution in [0.4, 0.5) is 0 Å². The number of alkyl halides is 1. The van der Waals surface area contributed by atoms with E-state index in [1.54, 1.807) is 30.7 Å². The summed E-state index contributed by atoms with van der Waals surface area (Å²) in [6, 6.07) is 3.36. The lowest BCUT2D eigenvalue weighted by Crippen LogP contribution is -2.24. The number of likely N-dealkylation sites (N-methyl/N-ethyl adjacent to an activating group) is 1. The van der Waals surface area contributed by atoms with E-state index >= 15 is 0 Å². The Balaban J connectivity index is 2.65. The second kappa shape index (κ2) is 5.57. The molecule has 0 spiro atoms. The van der Waals surface area contributed by atoms with Gasteiger partial charge in [-0.2, -0.15) is 0 Å². The van der Waals surface area contributed by atoms with E-state index in [9.17, 15) is 4.79 Å². The normalized spacial score (nSPS) is 12.7. The number of nitrogens with one attached hydrogen (secondary N) is 1. The van der Waals surface area contributed by atoms with Crippen LogP contribution in [0.1, 0.15) is 18.1 Å². The van der Waals surface area contributed by atoms with E-state index in [2.05, 4.69) is 10.3 Å². The standard InChI is InChI=1S/C12H12Cl3N3O/c1-6(13)12-17-9-3-7(14)8(15)4-10(9)18(12)5-11(19)16-2/h3-4,6H,5H2,1-2H3,(H,16,19). The number of nitrogens with zero attached hydrogens (tertiary/aromatic N) is 2. The summed E-state index contributed by atoms with van der Waals surface area (Å²) in [6.45, 7) is 1.93. The monoisotopic (exact) mass is 319 g/mol. The Bertz CT molecular complexity index is 637. The lowest BCUT2D eigenvalue weighted by molar-refractivity contribution is -0.121. The van der Waals surface area contributed by atoms with Gasteiger partial charge in [0.15, 0.2) is 0 Å². The molecular formula is C12H12Cl3N3O. The molecule has 1 unspecified atom stereocenters. The van der Waals surface area contributed by atoms with E-state index in [-0.39, 0.29) is 17.8 Å². The zero-order valence-corrected chi connectivity index (χ0v) is 12.6. The van der Waals surface area contributed by atoms with Gasteiger partial charge in [0, 0.05) is 7.05 Å². The molecule has 0 aliphatic carbocycles. The van der Waals surface area contributed by atoms with Gasteiger partial charge in [-0.25, -0.2) is 4.98 Å². The highest BCUT2D eigenvalue weighted by Gasteiger charge is 2.18. The van der Waals surface area contributed by atoms with Gasteiger partial charge in [-0.1, -0.05) is 23.2 Å². The van der Waals surface area contributed by atoms with Crippen molar-refractivity contribution in [3.05, 3.63) is 28.0 Å². The first-order valence-electron chi connectivity index (χ1n) is 5.64. The van der Waals surface area contributed by atoms with Crippen molar-refractivity contribution in [3.63, 3.8) is 0 Å². The Morgan fingerprint density at radius 2 is 2.05 bits per heavy atom. The molecule has 1 aromatic heterocycles. The molecule has 0 aliphatic heterocycles. The van der Waals surface area contributed by atoms with Crippen molar-refractivity contribution in [2.24, 2.45) is 0 Å². The number of rotatable bonds is 3. The summed E-state index contributed by atoms with van der Waals surface area (Å²) in [7, 11) is 1.58. The van der Waals surface area contributed by atoms with Crippen LogP contribution >= 0.6 is 34.8 Å². The molecule has 1 atom stereocenters. The Labute approximate surface area is 125 Å². The molecule has 1 N–H and O–H groups in total. The molecule has 0 radical (unpaired) electrons. The number of aromatic nitrogens is 2. The molecule has 1 amide bonds. The summed E-state index contributed by atoms with van der Waals surface area (Å²) in [5.41, 5.74) is 1.40. The first kappa shape index (κ1) is 14.4. The van der Waals surface area contributed by atoms with Gasteiger partial charge in [0.25, 0.3) is 0 Å². The maximum absolute atomic E-state index is 11.6. The predicted molar refractivity (Wildman–Crippen MR) is 78.1 cm³/mol. The van der Waals surface area contributed by atoms with Gasteiger partial charge in [0.05, 0.1) is 26.5 Å². The molecule has 19 heavy (non-hydrogen) atoms. The highest BCUT2D eigenvalue weighted by Crippen LogP contribution is 2.31. The van der Waals surface area contributed by atoms with Crippen LogP contribution in [0.15, 0.2) is 12.1 Å². The van der Waals surface area contributed by atoms with Crippen molar-refractivity contribution >= 4 is 51.7 Å². The molecule has 2 aromatic rings. The molecule has 0 saturated heterocycles. The molecule has 2 rings (SSSR count). The maximum Gasteiger partial charge on any atom is 0.239 e. The lowest BCUT2D eigenvalue weighted by Gasteiger charge is -2.09. The third-order valence-corrected chi connectivity index (χ3v) is 3.67. The summed E-state index contributed by atoms with van der Waals surface area (Å²) in [6.07, 6.45) is 0.